The Morgan fingerprint density at radius 1 is 1.00 bits per heavy atom. The van der Waals surface area contributed by atoms with E-state index in [9.17, 15) is 18.0 Å². The van der Waals surface area contributed by atoms with Crippen LogP contribution in [0.25, 0.3) is 10.9 Å². The zero-order valence-electron chi connectivity index (χ0n) is 18.4. The molecule has 0 aliphatic rings. The van der Waals surface area contributed by atoms with Crippen LogP contribution >= 0.6 is 11.8 Å². The highest BCUT2D eigenvalue weighted by Gasteiger charge is 2.29. The normalized spacial score (nSPS) is 11.5. The van der Waals surface area contributed by atoms with E-state index in [0.29, 0.717) is 30.2 Å². The number of benzene rings is 3. The van der Waals surface area contributed by atoms with E-state index < -0.39 is 11.7 Å². The number of hydrogen-bond acceptors (Lipinski definition) is 3. The fourth-order valence-electron chi connectivity index (χ4n) is 3.60. The van der Waals surface area contributed by atoms with Gasteiger partial charge in [0.2, 0.25) is 0 Å². The van der Waals surface area contributed by atoms with Crippen LogP contribution in [0.3, 0.4) is 0 Å². The van der Waals surface area contributed by atoms with Crippen LogP contribution in [-0.2, 0) is 18.5 Å². The number of rotatable bonds is 8. The van der Waals surface area contributed by atoms with Crippen LogP contribution in [-0.4, -0.2) is 24.1 Å². The Morgan fingerprint density at radius 2 is 1.71 bits per heavy atom. The lowest BCUT2D eigenvalue weighted by molar-refractivity contribution is -0.137. The minimum atomic E-state index is -4.33. The van der Waals surface area contributed by atoms with Crippen molar-refractivity contribution in [1.82, 2.24) is 9.88 Å². The summed E-state index contributed by atoms with van der Waals surface area (Å²) in [5, 5.41) is 4.01. The summed E-state index contributed by atoms with van der Waals surface area (Å²) in [7, 11) is 1.58. The summed E-state index contributed by atoms with van der Waals surface area (Å²) in [5.74, 6) is 1.09. The highest BCUT2D eigenvalue weighted by atomic mass is 32.2. The predicted octanol–water partition coefficient (Wildman–Crippen LogP) is 6.39. The third-order valence-corrected chi connectivity index (χ3v) is 6.53. The van der Waals surface area contributed by atoms with E-state index in [-0.39, 0.29) is 5.91 Å². The number of nitrogens with zero attached hydrogens (tertiary/aromatic N) is 1. The number of alkyl halides is 3. The van der Waals surface area contributed by atoms with Crippen molar-refractivity contribution in [2.75, 3.05) is 13.7 Å². The largest absolute Gasteiger partial charge is 0.497 e. The molecule has 0 bridgehead atoms. The van der Waals surface area contributed by atoms with Gasteiger partial charge in [-0.2, -0.15) is 13.2 Å². The van der Waals surface area contributed by atoms with Crippen molar-refractivity contribution in [3.8, 4) is 5.75 Å². The van der Waals surface area contributed by atoms with Gasteiger partial charge in [-0.3, -0.25) is 4.79 Å². The molecule has 1 heterocycles. The van der Waals surface area contributed by atoms with Crippen molar-refractivity contribution in [2.24, 2.45) is 0 Å². The Bertz CT molecular complexity index is 1270. The first-order valence-corrected chi connectivity index (χ1v) is 11.6. The average molecular weight is 485 g/mol. The first kappa shape index (κ1) is 23.8. The fourth-order valence-corrected chi connectivity index (χ4v) is 4.64. The maximum absolute atomic E-state index is 12.8. The number of nitrogens with one attached hydrogen (secondary N) is 1. The summed E-state index contributed by atoms with van der Waals surface area (Å²) in [6.45, 7) is 1.04. The second kappa shape index (κ2) is 10.3. The van der Waals surface area contributed by atoms with E-state index in [0.717, 1.165) is 33.5 Å². The van der Waals surface area contributed by atoms with E-state index in [1.165, 1.54) is 12.1 Å². The summed E-state index contributed by atoms with van der Waals surface area (Å²) in [6.07, 6.45) is -2.30. The van der Waals surface area contributed by atoms with E-state index in [4.69, 9.17) is 4.74 Å². The Hall–Kier alpha value is -3.39. The van der Waals surface area contributed by atoms with Gasteiger partial charge in [0.25, 0.3) is 5.91 Å². The number of methoxy groups -OCH3 is 1. The summed E-state index contributed by atoms with van der Waals surface area (Å²) in [5.41, 5.74) is 1.78. The molecule has 0 saturated heterocycles. The minimum Gasteiger partial charge on any atom is -0.497 e. The number of thioether (sulfide) groups is 1. The fraction of sp³-hybridized carbons (Fsp3) is 0.192. The molecule has 0 saturated carbocycles. The molecule has 8 heteroatoms. The summed E-state index contributed by atoms with van der Waals surface area (Å²) in [4.78, 5) is 13.5. The SMILES string of the molecule is COc1ccc(C(=O)NCCn2cc(SCc3ccc(C(F)(F)F)cc3)c3ccccc32)cc1. The summed E-state index contributed by atoms with van der Waals surface area (Å²) in [6, 6.07) is 20.1. The van der Waals surface area contributed by atoms with Crippen LogP contribution in [0.1, 0.15) is 21.5 Å². The quantitative estimate of drug-likeness (QED) is 0.295. The Morgan fingerprint density at radius 3 is 2.38 bits per heavy atom. The van der Waals surface area contributed by atoms with Crippen LogP contribution in [0.2, 0.25) is 0 Å². The van der Waals surface area contributed by atoms with Crippen LogP contribution in [0.4, 0.5) is 13.2 Å². The molecule has 176 valence electrons. The van der Waals surface area contributed by atoms with Crippen LogP contribution < -0.4 is 10.1 Å². The van der Waals surface area contributed by atoms with Gasteiger partial charge in [-0.1, -0.05) is 30.3 Å². The number of para-hydroxylation sites is 1. The van der Waals surface area contributed by atoms with E-state index in [1.54, 1.807) is 43.1 Å². The van der Waals surface area contributed by atoms with Gasteiger partial charge in [0.1, 0.15) is 5.75 Å². The van der Waals surface area contributed by atoms with Gasteiger partial charge >= 0.3 is 6.18 Å². The van der Waals surface area contributed by atoms with Crippen molar-refractivity contribution in [3.63, 3.8) is 0 Å². The zero-order chi connectivity index (χ0) is 24.1. The Balaban J connectivity index is 1.40. The molecule has 0 aliphatic carbocycles. The highest BCUT2D eigenvalue weighted by molar-refractivity contribution is 7.98. The standard InChI is InChI=1S/C26H23F3N2O2S/c1-33-21-12-8-19(9-13-21)25(32)30-14-15-31-16-24(22-4-2-3-5-23(22)31)34-17-18-6-10-20(11-7-18)26(27,28)29/h2-13,16H,14-15,17H2,1H3,(H,30,32). The molecule has 0 atom stereocenters. The summed E-state index contributed by atoms with van der Waals surface area (Å²) < 4.78 is 45.6. The molecule has 1 aromatic heterocycles. The minimum absolute atomic E-state index is 0.156. The molecule has 4 rings (SSSR count). The van der Waals surface area contributed by atoms with Gasteiger partial charge in [-0.05, 0) is 48.0 Å². The Kier molecular flexibility index (Phi) is 7.17. The van der Waals surface area contributed by atoms with Crippen molar-refractivity contribution in [2.45, 2.75) is 23.4 Å². The van der Waals surface area contributed by atoms with Crippen molar-refractivity contribution in [3.05, 3.63) is 95.7 Å². The van der Waals surface area contributed by atoms with Gasteiger partial charge < -0.3 is 14.6 Å². The van der Waals surface area contributed by atoms with Gasteiger partial charge in [0.15, 0.2) is 0 Å². The van der Waals surface area contributed by atoms with E-state index in [1.807, 2.05) is 30.5 Å². The Labute approximate surface area is 199 Å². The number of aromatic nitrogens is 1. The molecule has 0 radical (unpaired) electrons. The van der Waals surface area contributed by atoms with Crippen LogP contribution in [0.15, 0.2) is 83.9 Å². The number of carbonyl (C=O) groups is 1. The zero-order valence-corrected chi connectivity index (χ0v) is 19.2. The number of ether oxygens (including phenoxy) is 1. The number of hydrogen-bond donors (Lipinski definition) is 1. The molecule has 4 aromatic rings. The third-order valence-electron chi connectivity index (χ3n) is 5.42. The maximum Gasteiger partial charge on any atom is 0.416 e. The molecule has 0 aliphatic heterocycles. The predicted molar refractivity (Wildman–Crippen MR) is 128 cm³/mol. The number of amides is 1. The molecule has 3 aromatic carbocycles. The second-order valence-electron chi connectivity index (χ2n) is 7.67. The average Bonchev–Trinajstić information content (AvgIpc) is 3.20. The number of carbonyl (C=O) groups excluding carboxylic acids is 1. The lowest BCUT2D eigenvalue weighted by Crippen LogP contribution is -2.27. The van der Waals surface area contributed by atoms with Crippen molar-refractivity contribution < 1.29 is 22.7 Å². The molecule has 0 spiro atoms. The molecule has 34 heavy (non-hydrogen) atoms. The lowest BCUT2D eigenvalue weighted by Gasteiger charge is -2.08. The number of fused-ring (bicyclic) bond motifs is 1. The molecule has 0 fully saturated rings. The molecular weight excluding hydrogens is 461 g/mol. The van der Waals surface area contributed by atoms with Crippen LogP contribution in [0.5, 0.6) is 5.75 Å². The monoisotopic (exact) mass is 484 g/mol. The smallest absolute Gasteiger partial charge is 0.416 e. The van der Waals surface area contributed by atoms with Crippen molar-refractivity contribution in [1.29, 1.82) is 0 Å². The van der Waals surface area contributed by atoms with Crippen LogP contribution in [0, 0.1) is 0 Å². The first-order valence-electron chi connectivity index (χ1n) is 10.6. The topological polar surface area (TPSA) is 43.3 Å². The van der Waals surface area contributed by atoms with Gasteiger partial charge in [0.05, 0.1) is 12.7 Å². The maximum atomic E-state index is 12.8. The molecule has 0 unspecified atom stereocenters. The van der Waals surface area contributed by atoms with Gasteiger partial charge in [-0.15, -0.1) is 11.8 Å². The molecule has 1 N–H and O–H groups in total. The molecular formula is C26H23F3N2O2S. The first-order chi connectivity index (χ1) is 16.3. The third kappa shape index (κ3) is 5.56. The van der Waals surface area contributed by atoms with E-state index >= 15 is 0 Å². The second-order valence-corrected chi connectivity index (χ2v) is 8.69. The molecule has 1 amide bonds. The lowest BCUT2D eigenvalue weighted by atomic mass is 10.1. The van der Waals surface area contributed by atoms with Gasteiger partial charge in [-0.25, -0.2) is 0 Å². The molecule has 4 nitrogen and oxygen atoms in total. The van der Waals surface area contributed by atoms with Crippen molar-refractivity contribution >= 4 is 28.6 Å². The number of halogens is 3. The van der Waals surface area contributed by atoms with E-state index in [2.05, 4.69) is 9.88 Å². The van der Waals surface area contributed by atoms with Gasteiger partial charge in [0, 0.05) is 46.4 Å². The highest BCUT2D eigenvalue weighted by Crippen LogP contribution is 2.33. The summed E-state index contributed by atoms with van der Waals surface area (Å²) >= 11 is 1.58.